The van der Waals surface area contributed by atoms with Crippen molar-refractivity contribution >= 4 is 23.6 Å². The van der Waals surface area contributed by atoms with Crippen LogP contribution in [0.5, 0.6) is 0 Å². The highest BCUT2D eigenvalue weighted by Gasteiger charge is 2.41. The Morgan fingerprint density at radius 1 is 0.559 bits per heavy atom. The third-order valence-electron chi connectivity index (χ3n) is 14.0. The van der Waals surface area contributed by atoms with Crippen LogP contribution in [0.3, 0.4) is 0 Å². The number of allylic oxidation sites excluding steroid dienone is 2. The van der Waals surface area contributed by atoms with E-state index < -0.39 is 17.9 Å². The number of carbonyl (C=O) groups excluding carboxylic acids is 3. The zero-order valence-corrected chi connectivity index (χ0v) is 45.1. The smallest absolute Gasteiger partial charge is 0.409 e. The SMILES string of the molecule is CCCCCCCCCCCCN=C(CC1=C(C(C)c2ccc(C(C)(C)C)cc2)C(=O)C(CN(CCCCCCCCCCCC)C(=O)OC)=C(C(C)c2ccc(C(C)(C)C)cc2)C1=O)OOC. The average molecular weight is 939 g/mol. The zero-order valence-electron chi connectivity index (χ0n) is 45.1. The minimum absolute atomic E-state index is 0.00169. The molecule has 0 aromatic heterocycles. The van der Waals surface area contributed by atoms with Gasteiger partial charge in [-0.1, -0.05) is 233 Å². The van der Waals surface area contributed by atoms with Crippen molar-refractivity contribution < 1.29 is 28.9 Å². The topological polar surface area (TPSA) is 94.5 Å². The molecule has 1 amide bonds. The lowest BCUT2D eigenvalue weighted by atomic mass is 9.72. The molecule has 2 aromatic carbocycles. The number of unbranched alkanes of at least 4 members (excludes halogenated alkanes) is 18. The normalized spacial score (nSPS) is 14.7. The van der Waals surface area contributed by atoms with E-state index in [0.29, 0.717) is 35.4 Å². The first-order valence-corrected chi connectivity index (χ1v) is 26.8. The zero-order chi connectivity index (χ0) is 50.1. The number of amides is 1. The number of nitrogens with zero attached hydrogens (tertiary/aromatic N) is 2. The van der Waals surface area contributed by atoms with E-state index in [1.54, 1.807) is 4.90 Å². The lowest BCUT2D eigenvalue weighted by Gasteiger charge is -2.32. The van der Waals surface area contributed by atoms with Crippen LogP contribution in [0.25, 0.3) is 0 Å². The van der Waals surface area contributed by atoms with Crippen LogP contribution in [0.1, 0.15) is 238 Å². The summed E-state index contributed by atoms with van der Waals surface area (Å²) in [5, 5.41) is 0. The Morgan fingerprint density at radius 3 is 1.34 bits per heavy atom. The molecule has 3 rings (SSSR count). The second-order valence-electron chi connectivity index (χ2n) is 21.6. The fraction of sp³-hybridized carbons (Fsp3) is 0.667. The van der Waals surface area contributed by atoms with E-state index in [0.717, 1.165) is 49.7 Å². The largest absolute Gasteiger partial charge is 0.453 e. The molecule has 0 spiro atoms. The van der Waals surface area contributed by atoms with Crippen LogP contribution in [-0.2, 0) is 34.9 Å². The molecule has 8 heteroatoms. The number of carbonyl (C=O) groups is 3. The van der Waals surface area contributed by atoms with Crippen LogP contribution in [0.4, 0.5) is 4.79 Å². The van der Waals surface area contributed by atoms with Gasteiger partial charge in [-0.15, -0.1) is 0 Å². The molecule has 0 saturated carbocycles. The van der Waals surface area contributed by atoms with Crippen LogP contribution < -0.4 is 0 Å². The number of hydrogen-bond acceptors (Lipinski definition) is 7. The lowest BCUT2D eigenvalue weighted by Crippen LogP contribution is -2.39. The Hall–Kier alpha value is -4.04. The average Bonchev–Trinajstić information content (AvgIpc) is 3.31. The van der Waals surface area contributed by atoms with E-state index in [1.807, 2.05) is 13.8 Å². The van der Waals surface area contributed by atoms with Crippen LogP contribution >= 0.6 is 0 Å². The second-order valence-corrected chi connectivity index (χ2v) is 21.6. The predicted molar refractivity (Wildman–Crippen MR) is 284 cm³/mol. The fourth-order valence-corrected chi connectivity index (χ4v) is 9.48. The van der Waals surface area contributed by atoms with Gasteiger partial charge in [-0.25, -0.2) is 4.79 Å². The molecule has 0 bridgehead atoms. The van der Waals surface area contributed by atoms with Gasteiger partial charge in [0.05, 0.1) is 27.2 Å². The monoisotopic (exact) mass is 939 g/mol. The quantitative estimate of drug-likeness (QED) is 0.0187. The minimum Gasteiger partial charge on any atom is -0.453 e. The molecule has 0 fully saturated rings. The summed E-state index contributed by atoms with van der Waals surface area (Å²) in [6.07, 6.45) is 23.3. The highest BCUT2D eigenvalue weighted by Crippen LogP contribution is 2.42. The van der Waals surface area contributed by atoms with Crippen LogP contribution in [0.15, 0.2) is 75.8 Å². The third-order valence-corrected chi connectivity index (χ3v) is 14.0. The molecule has 1 aliphatic carbocycles. The molecule has 2 unspecified atom stereocenters. The number of hydrogen-bond donors (Lipinski definition) is 0. The van der Waals surface area contributed by atoms with E-state index in [4.69, 9.17) is 19.5 Å². The summed E-state index contributed by atoms with van der Waals surface area (Å²) in [4.78, 5) is 62.5. The van der Waals surface area contributed by atoms with Gasteiger partial charge in [0.2, 0.25) is 5.90 Å². The predicted octanol–water partition coefficient (Wildman–Crippen LogP) is 16.2. The van der Waals surface area contributed by atoms with E-state index in [1.165, 1.54) is 115 Å². The Bertz CT molecular complexity index is 1910. The van der Waals surface area contributed by atoms with E-state index in [2.05, 4.69) is 104 Å². The summed E-state index contributed by atoms with van der Waals surface area (Å²) in [6.45, 7) is 22.5. The fourth-order valence-electron chi connectivity index (χ4n) is 9.48. The lowest BCUT2D eigenvalue weighted by molar-refractivity contribution is -0.196. The Kier molecular flexibility index (Phi) is 26.2. The number of benzene rings is 2. The molecule has 0 radical (unpaired) electrons. The molecule has 1 aliphatic rings. The van der Waals surface area contributed by atoms with Crippen molar-refractivity contribution in [3.8, 4) is 0 Å². The molecule has 8 nitrogen and oxygen atoms in total. The Labute approximate surface area is 414 Å². The van der Waals surface area contributed by atoms with Crippen molar-refractivity contribution in [3.63, 3.8) is 0 Å². The first kappa shape index (κ1) is 58.3. The maximum atomic E-state index is 15.7. The van der Waals surface area contributed by atoms with E-state index in [-0.39, 0.29) is 41.3 Å². The molecule has 68 heavy (non-hydrogen) atoms. The van der Waals surface area contributed by atoms with E-state index in [9.17, 15) is 4.79 Å². The molecule has 0 heterocycles. The van der Waals surface area contributed by atoms with Gasteiger partial charge in [-0.05, 0) is 45.9 Å². The number of Topliss-reactive ketones (excluding diaryl/α,β-unsaturated/α-hetero) is 2. The van der Waals surface area contributed by atoms with Gasteiger partial charge in [0.15, 0.2) is 11.6 Å². The van der Waals surface area contributed by atoms with Crippen molar-refractivity contribution in [2.24, 2.45) is 4.99 Å². The van der Waals surface area contributed by atoms with Gasteiger partial charge in [-0.2, -0.15) is 4.89 Å². The minimum atomic E-state index is -0.507. The number of ketones is 2. The van der Waals surface area contributed by atoms with Gasteiger partial charge in [-0.3, -0.25) is 14.6 Å². The molecule has 2 atom stereocenters. The van der Waals surface area contributed by atoms with Crippen molar-refractivity contribution in [2.45, 2.75) is 227 Å². The second kappa shape index (κ2) is 30.5. The highest BCUT2D eigenvalue weighted by molar-refractivity contribution is 6.27. The summed E-state index contributed by atoms with van der Waals surface area (Å²) in [5.74, 6) is -1.10. The van der Waals surface area contributed by atoms with Gasteiger partial charge in [0.25, 0.3) is 0 Å². The number of ether oxygens (including phenoxy) is 1. The van der Waals surface area contributed by atoms with Crippen LogP contribution in [0, 0.1) is 0 Å². The van der Waals surface area contributed by atoms with Crippen molar-refractivity contribution in [1.82, 2.24) is 4.90 Å². The van der Waals surface area contributed by atoms with Crippen LogP contribution in [0.2, 0.25) is 0 Å². The van der Waals surface area contributed by atoms with Crippen molar-refractivity contribution in [2.75, 3.05) is 33.9 Å². The molecule has 2 aromatic rings. The van der Waals surface area contributed by atoms with Gasteiger partial charge in [0, 0.05) is 47.2 Å². The molecular weight excluding hydrogens is 845 g/mol. The molecule has 0 aliphatic heterocycles. The summed E-state index contributed by atoms with van der Waals surface area (Å²) in [5.41, 5.74) is 5.58. The van der Waals surface area contributed by atoms with Crippen LogP contribution in [-0.4, -0.2) is 62.3 Å². The van der Waals surface area contributed by atoms with Crippen molar-refractivity contribution in [3.05, 3.63) is 93.1 Å². The maximum Gasteiger partial charge on any atom is 0.409 e. The highest BCUT2D eigenvalue weighted by atomic mass is 17.2. The molecule has 0 saturated heterocycles. The molecule has 0 N–H and O–H groups in total. The number of aliphatic imine (C=N–C) groups is 1. The Balaban J connectivity index is 2.08. The Morgan fingerprint density at radius 2 is 0.941 bits per heavy atom. The van der Waals surface area contributed by atoms with Gasteiger partial charge >= 0.3 is 6.09 Å². The standard InChI is InChI=1S/C60H94N2O6/c1-13-15-17-19-21-23-25-27-29-31-41-61-53(68-67-12)43-51-54(45(3)47-33-37-49(38-34-47)59(5,6)7)57(64)52(55(56(51)63)46(4)48-35-39-50(40-36-48)60(8,9)10)44-62(58(65)66-11)42-32-30-28-26-24-22-20-18-16-14-2/h33-40,45-46H,13-32,41-44H2,1-12H3. The number of methoxy groups -OCH3 is 1. The summed E-state index contributed by atoms with van der Waals surface area (Å²) < 4.78 is 5.37. The van der Waals surface area contributed by atoms with Gasteiger partial charge in [0.1, 0.15) is 0 Å². The van der Waals surface area contributed by atoms with E-state index >= 15 is 9.59 Å². The van der Waals surface area contributed by atoms with Gasteiger partial charge < -0.3 is 14.5 Å². The summed E-state index contributed by atoms with van der Waals surface area (Å²) in [7, 11) is 2.83. The first-order valence-electron chi connectivity index (χ1n) is 26.8. The number of rotatable bonds is 31. The molecule has 380 valence electrons. The first-order chi connectivity index (χ1) is 32.5. The summed E-state index contributed by atoms with van der Waals surface area (Å²) >= 11 is 0. The molecular formula is C60H94N2O6. The maximum absolute atomic E-state index is 15.7. The van der Waals surface area contributed by atoms with Crippen molar-refractivity contribution in [1.29, 1.82) is 0 Å². The summed E-state index contributed by atoms with van der Waals surface area (Å²) in [6, 6.07) is 16.7. The third kappa shape index (κ3) is 19.0.